The quantitative estimate of drug-likeness (QED) is 0.593. The highest BCUT2D eigenvalue weighted by atomic mass is 16.1. The molecule has 1 unspecified atom stereocenters. The molecule has 0 bridgehead atoms. The van der Waals surface area contributed by atoms with Crippen LogP contribution in [0, 0.1) is 11.8 Å². The van der Waals surface area contributed by atoms with E-state index in [0.29, 0.717) is 5.56 Å². The lowest BCUT2D eigenvalue weighted by Crippen LogP contribution is -2.27. The second-order valence-electron chi connectivity index (χ2n) is 6.46. The van der Waals surface area contributed by atoms with Crippen LogP contribution in [0.4, 0.5) is 0 Å². The largest absolute Gasteiger partial charge is 0.345 e. The van der Waals surface area contributed by atoms with Crippen LogP contribution in [0.5, 0.6) is 0 Å². The Morgan fingerprint density at radius 3 is 2.14 bits per heavy atom. The first-order valence-corrected chi connectivity index (χ1v) is 9.85. The summed E-state index contributed by atoms with van der Waals surface area (Å²) in [5.41, 5.74) is 5.13. The topological polar surface area (TPSA) is 29.1 Å². The number of aryl methyl sites for hydroxylation is 1. The van der Waals surface area contributed by atoms with E-state index < -0.39 is 0 Å². The highest BCUT2D eigenvalue weighted by Crippen LogP contribution is 2.30. The fourth-order valence-electron chi connectivity index (χ4n) is 3.32. The van der Waals surface area contributed by atoms with Gasteiger partial charge in [-0.15, -0.1) is 0 Å². The molecule has 28 heavy (non-hydrogen) atoms. The molecule has 0 saturated carbocycles. The number of amides is 1. The SMILES string of the molecule is CC.O=C(NC1CCc2ccccc21)c1ccc(C#Cc2ccccc2)cc1. The summed E-state index contributed by atoms with van der Waals surface area (Å²) in [6, 6.07) is 25.8. The maximum absolute atomic E-state index is 12.6. The van der Waals surface area contributed by atoms with Gasteiger partial charge in [0.05, 0.1) is 6.04 Å². The molecule has 0 heterocycles. The molecule has 4 rings (SSSR count). The van der Waals surface area contributed by atoms with Crippen molar-refractivity contribution in [3.63, 3.8) is 0 Å². The van der Waals surface area contributed by atoms with Gasteiger partial charge >= 0.3 is 0 Å². The Balaban J connectivity index is 0.00000109. The van der Waals surface area contributed by atoms with Gasteiger partial charge in [0, 0.05) is 16.7 Å². The van der Waals surface area contributed by atoms with Crippen molar-refractivity contribution in [3.05, 3.63) is 107 Å². The molecule has 140 valence electrons. The van der Waals surface area contributed by atoms with Crippen molar-refractivity contribution < 1.29 is 4.79 Å². The average Bonchev–Trinajstić information content (AvgIpc) is 3.18. The van der Waals surface area contributed by atoms with Crippen LogP contribution in [0.3, 0.4) is 0 Å². The van der Waals surface area contributed by atoms with Crippen LogP contribution < -0.4 is 5.32 Å². The summed E-state index contributed by atoms with van der Waals surface area (Å²) in [5.74, 6) is 6.23. The third-order valence-corrected chi connectivity index (χ3v) is 4.71. The highest BCUT2D eigenvalue weighted by molar-refractivity contribution is 5.94. The van der Waals surface area contributed by atoms with Crippen molar-refractivity contribution in [1.29, 1.82) is 0 Å². The molecule has 2 nitrogen and oxygen atoms in total. The van der Waals surface area contributed by atoms with E-state index >= 15 is 0 Å². The summed E-state index contributed by atoms with van der Waals surface area (Å²) in [7, 11) is 0. The van der Waals surface area contributed by atoms with E-state index in [1.165, 1.54) is 11.1 Å². The highest BCUT2D eigenvalue weighted by Gasteiger charge is 2.23. The Morgan fingerprint density at radius 1 is 0.821 bits per heavy atom. The van der Waals surface area contributed by atoms with Crippen LogP contribution in [0.1, 0.15) is 58.9 Å². The Labute approximate surface area is 167 Å². The summed E-state index contributed by atoms with van der Waals surface area (Å²) in [6.07, 6.45) is 1.99. The number of hydrogen-bond donors (Lipinski definition) is 1. The van der Waals surface area contributed by atoms with E-state index in [2.05, 4.69) is 35.4 Å². The zero-order valence-electron chi connectivity index (χ0n) is 16.4. The summed E-state index contributed by atoms with van der Waals surface area (Å²) < 4.78 is 0. The maximum Gasteiger partial charge on any atom is 0.251 e. The number of nitrogens with one attached hydrogen (secondary N) is 1. The van der Waals surface area contributed by atoms with E-state index in [0.717, 1.165) is 24.0 Å². The summed E-state index contributed by atoms with van der Waals surface area (Å²) in [6.45, 7) is 4.00. The molecule has 1 amide bonds. The minimum atomic E-state index is -0.0331. The molecule has 1 aliphatic carbocycles. The maximum atomic E-state index is 12.6. The smallest absolute Gasteiger partial charge is 0.251 e. The number of carbonyl (C=O) groups is 1. The molecule has 0 spiro atoms. The van der Waals surface area contributed by atoms with Crippen molar-refractivity contribution >= 4 is 5.91 Å². The van der Waals surface area contributed by atoms with Gasteiger partial charge in [-0.3, -0.25) is 4.79 Å². The summed E-state index contributed by atoms with van der Waals surface area (Å²) in [4.78, 5) is 12.6. The van der Waals surface area contributed by atoms with Crippen molar-refractivity contribution in [1.82, 2.24) is 5.32 Å². The van der Waals surface area contributed by atoms with Crippen molar-refractivity contribution in [2.45, 2.75) is 32.7 Å². The molecular formula is C26H25NO. The normalized spacial score (nSPS) is 14.0. The van der Waals surface area contributed by atoms with Crippen LogP contribution in [0.2, 0.25) is 0 Å². The van der Waals surface area contributed by atoms with Crippen LogP contribution in [0.25, 0.3) is 0 Å². The van der Waals surface area contributed by atoms with Gasteiger partial charge in [-0.2, -0.15) is 0 Å². The third kappa shape index (κ3) is 4.69. The second kappa shape index (κ2) is 9.58. The first kappa shape index (κ1) is 19.5. The monoisotopic (exact) mass is 367 g/mol. The van der Waals surface area contributed by atoms with E-state index in [1.54, 1.807) is 0 Å². The first-order chi connectivity index (χ1) is 13.8. The van der Waals surface area contributed by atoms with Gasteiger partial charge in [-0.05, 0) is 60.4 Å². The molecule has 3 aromatic rings. The first-order valence-electron chi connectivity index (χ1n) is 9.85. The Bertz CT molecular complexity index is 978. The number of fused-ring (bicyclic) bond motifs is 1. The fraction of sp³-hybridized carbons (Fsp3) is 0.192. The number of rotatable bonds is 2. The fourth-order valence-corrected chi connectivity index (χ4v) is 3.32. The predicted molar refractivity (Wildman–Crippen MR) is 115 cm³/mol. The zero-order valence-corrected chi connectivity index (χ0v) is 16.4. The van der Waals surface area contributed by atoms with Gasteiger partial charge in [0.25, 0.3) is 5.91 Å². The minimum absolute atomic E-state index is 0.0331. The zero-order chi connectivity index (χ0) is 19.8. The lowest BCUT2D eigenvalue weighted by atomic mass is 10.1. The Kier molecular flexibility index (Phi) is 6.65. The van der Waals surface area contributed by atoms with Crippen LogP contribution in [0.15, 0.2) is 78.9 Å². The van der Waals surface area contributed by atoms with E-state index in [-0.39, 0.29) is 11.9 Å². The molecule has 2 heteroatoms. The molecule has 0 fully saturated rings. The molecular weight excluding hydrogens is 342 g/mol. The molecule has 3 aromatic carbocycles. The van der Waals surface area contributed by atoms with Crippen LogP contribution in [-0.4, -0.2) is 5.91 Å². The molecule has 0 aromatic heterocycles. The minimum Gasteiger partial charge on any atom is -0.345 e. The molecule has 1 aliphatic rings. The number of hydrogen-bond acceptors (Lipinski definition) is 1. The Morgan fingerprint density at radius 2 is 1.43 bits per heavy atom. The summed E-state index contributed by atoms with van der Waals surface area (Å²) in [5, 5.41) is 3.15. The average molecular weight is 367 g/mol. The molecule has 1 N–H and O–H groups in total. The van der Waals surface area contributed by atoms with Crippen molar-refractivity contribution in [3.8, 4) is 11.8 Å². The van der Waals surface area contributed by atoms with Gasteiger partial charge in [0.2, 0.25) is 0 Å². The van der Waals surface area contributed by atoms with Crippen LogP contribution >= 0.6 is 0 Å². The predicted octanol–water partition coefficient (Wildman–Crippen LogP) is 5.53. The molecule has 0 saturated heterocycles. The van der Waals surface area contributed by atoms with Crippen molar-refractivity contribution in [2.75, 3.05) is 0 Å². The number of carbonyl (C=O) groups excluding carboxylic acids is 1. The molecule has 0 radical (unpaired) electrons. The number of benzene rings is 3. The standard InChI is InChI=1S/C24H19NO.C2H6/c26-24(25-23-17-16-20-8-4-5-9-22(20)23)21-14-12-19(13-15-21)11-10-18-6-2-1-3-7-18;1-2/h1-9,12-15,23H,16-17H2,(H,25,26);1-2H3. The van der Waals surface area contributed by atoms with E-state index in [4.69, 9.17) is 0 Å². The van der Waals surface area contributed by atoms with E-state index in [9.17, 15) is 4.79 Å². The van der Waals surface area contributed by atoms with Gasteiger partial charge in [-0.25, -0.2) is 0 Å². The van der Waals surface area contributed by atoms with Gasteiger partial charge < -0.3 is 5.32 Å². The van der Waals surface area contributed by atoms with Crippen LogP contribution in [-0.2, 0) is 6.42 Å². The van der Waals surface area contributed by atoms with Gasteiger partial charge in [0.1, 0.15) is 0 Å². The van der Waals surface area contributed by atoms with Crippen molar-refractivity contribution in [2.24, 2.45) is 0 Å². The lowest BCUT2D eigenvalue weighted by molar-refractivity contribution is 0.0936. The molecule has 1 atom stereocenters. The Hall–Kier alpha value is -3.31. The van der Waals surface area contributed by atoms with Gasteiger partial charge in [-0.1, -0.05) is 68.2 Å². The lowest BCUT2D eigenvalue weighted by Gasteiger charge is -2.14. The van der Waals surface area contributed by atoms with E-state index in [1.807, 2.05) is 74.5 Å². The molecule has 0 aliphatic heterocycles. The third-order valence-electron chi connectivity index (χ3n) is 4.71. The summed E-state index contributed by atoms with van der Waals surface area (Å²) >= 11 is 0. The second-order valence-corrected chi connectivity index (χ2v) is 6.46. The van der Waals surface area contributed by atoms with Gasteiger partial charge in [0.15, 0.2) is 0 Å².